The van der Waals surface area contributed by atoms with Gasteiger partial charge in [0.25, 0.3) is 0 Å². The van der Waals surface area contributed by atoms with Crippen LogP contribution in [0.1, 0.15) is 23.7 Å². The minimum absolute atomic E-state index is 0.0493. The van der Waals surface area contributed by atoms with Gasteiger partial charge in [0.05, 0.1) is 11.3 Å². The van der Waals surface area contributed by atoms with Crippen LogP contribution < -0.4 is 4.72 Å². The molecule has 0 aliphatic carbocycles. The highest BCUT2D eigenvalue weighted by atomic mass is 32.2. The van der Waals surface area contributed by atoms with Gasteiger partial charge in [0, 0.05) is 5.69 Å². The second-order valence-electron chi connectivity index (χ2n) is 3.30. The lowest BCUT2D eigenvalue weighted by Gasteiger charge is -2.06. The summed E-state index contributed by atoms with van der Waals surface area (Å²) in [5.41, 5.74) is 0.497. The Morgan fingerprint density at radius 2 is 1.88 bits per heavy atom. The highest BCUT2D eigenvalue weighted by Gasteiger charge is 2.09. The van der Waals surface area contributed by atoms with Crippen LogP contribution in [0.5, 0.6) is 0 Å². The molecule has 0 aromatic heterocycles. The van der Waals surface area contributed by atoms with Gasteiger partial charge in [0.2, 0.25) is 10.0 Å². The molecule has 6 heteroatoms. The van der Waals surface area contributed by atoms with Gasteiger partial charge in [-0.2, -0.15) is 0 Å². The summed E-state index contributed by atoms with van der Waals surface area (Å²) >= 11 is 0. The third kappa shape index (κ3) is 3.54. The molecule has 0 aliphatic rings. The Morgan fingerprint density at radius 1 is 1.31 bits per heavy atom. The number of carboxylic acid groups (broad SMARTS) is 1. The average molecular weight is 243 g/mol. The molecule has 0 heterocycles. The number of carbonyl (C=O) groups is 1. The fraction of sp³-hybridized carbons (Fsp3) is 0.300. The first-order valence-electron chi connectivity index (χ1n) is 4.78. The smallest absolute Gasteiger partial charge is 0.335 e. The molecular formula is C10H13NO4S. The van der Waals surface area contributed by atoms with Crippen LogP contribution in [0.3, 0.4) is 0 Å². The minimum Gasteiger partial charge on any atom is -0.478 e. The maximum atomic E-state index is 11.4. The molecule has 88 valence electrons. The zero-order valence-electron chi connectivity index (χ0n) is 8.80. The fourth-order valence-electron chi connectivity index (χ4n) is 1.18. The zero-order chi connectivity index (χ0) is 12.2. The first-order chi connectivity index (χ1) is 7.44. The van der Waals surface area contributed by atoms with Crippen molar-refractivity contribution in [3.05, 3.63) is 29.8 Å². The molecule has 0 saturated carbocycles. The van der Waals surface area contributed by atoms with E-state index in [0.717, 1.165) is 0 Å². The molecule has 16 heavy (non-hydrogen) atoms. The molecule has 1 rings (SSSR count). The van der Waals surface area contributed by atoms with Gasteiger partial charge in [0.1, 0.15) is 0 Å². The number of nitrogens with one attached hydrogen (secondary N) is 1. The molecule has 0 radical (unpaired) electrons. The molecular weight excluding hydrogens is 230 g/mol. The molecule has 2 N–H and O–H groups in total. The van der Waals surface area contributed by atoms with Crippen LogP contribution in [0.25, 0.3) is 0 Å². The average Bonchev–Trinajstić information content (AvgIpc) is 2.17. The van der Waals surface area contributed by atoms with Crippen molar-refractivity contribution >= 4 is 21.7 Å². The summed E-state index contributed by atoms with van der Waals surface area (Å²) in [7, 11) is -3.32. The van der Waals surface area contributed by atoms with E-state index in [2.05, 4.69) is 4.72 Å². The summed E-state index contributed by atoms with van der Waals surface area (Å²) in [6.45, 7) is 1.77. The van der Waals surface area contributed by atoms with Gasteiger partial charge in [0.15, 0.2) is 0 Å². The van der Waals surface area contributed by atoms with Crippen LogP contribution in [-0.4, -0.2) is 25.2 Å². The van der Waals surface area contributed by atoms with E-state index in [9.17, 15) is 13.2 Å². The summed E-state index contributed by atoms with van der Waals surface area (Å²) in [5, 5.41) is 8.65. The summed E-state index contributed by atoms with van der Waals surface area (Å²) in [4.78, 5) is 10.6. The number of sulfonamides is 1. The molecule has 0 bridgehead atoms. The van der Waals surface area contributed by atoms with Crippen LogP contribution in [0.15, 0.2) is 24.3 Å². The normalized spacial score (nSPS) is 11.1. The topological polar surface area (TPSA) is 83.5 Å². The largest absolute Gasteiger partial charge is 0.478 e. The predicted octanol–water partition coefficient (Wildman–Crippen LogP) is 1.54. The first kappa shape index (κ1) is 12.5. The predicted molar refractivity (Wildman–Crippen MR) is 61.1 cm³/mol. The number of rotatable bonds is 5. The van der Waals surface area contributed by atoms with E-state index in [1.54, 1.807) is 6.92 Å². The van der Waals surface area contributed by atoms with Crippen molar-refractivity contribution < 1.29 is 18.3 Å². The van der Waals surface area contributed by atoms with Crippen LogP contribution in [0, 0.1) is 0 Å². The van der Waals surface area contributed by atoms with E-state index in [0.29, 0.717) is 12.1 Å². The van der Waals surface area contributed by atoms with Crippen LogP contribution in [0.4, 0.5) is 5.69 Å². The van der Waals surface area contributed by atoms with Gasteiger partial charge in [-0.15, -0.1) is 0 Å². The molecule has 5 nitrogen and oxygen atoms in total. The molecule has 1 aromatic carbocycles. The Kier molecular flexibility index (Phi) is 3.89. The van der Waals surface area contributed by atoms with E-state index in [-0.39, 0.29) is 11.3 Å². The Bertz CT molecular complexity index is 464. The Labute approximate surface area is 94.2 Å². The lowest BCUT2D eigenvalue weighted by molar-refractivity contribution is 0.0697. The summed E-state index contributed by atoms with van der Waals surface area (Å²) in [6.07, 6.45) is 0.530. The van der Waals surface area contributed by atoms with Crippen molar-refractivity contribution in [2.45, 2.75) is 13.3 Å². The van der Waals surface area contributed by atoms with Gasteiger partial charge < -0.3 is 5.11 Å². The lowest BCUT2D eigenvalue weighted by atomic mass is 10.2. The van der Waals surface area contributed by atoms with E-state index < -0.39 is 16.0 Å². The number of aromatic carboxylic acids is 1. The zero-order valence-corrected chi connectivity index (χ0v) is 9.62. The van der Waals surface area contributed by atoms with Crippen molar-refractivity contribution in [1.82, 2.24) is 0 Å². The Hall–Kier alpha value is -1.56. The van der Waals surface area contributed by atoms with E-state index in [1.807, 2.05) is 0 Å². The van der Waals surface area contributed by atoms with Crippen molar-refractivity contribution in [3.63, 3.8) is 0 Å². The fourth-order valence-corrected chi connectivity index (χ4v) is 2.31. The second kappa shape index (κ2) is 4.98. The number of hydrogen-bond acceptors (Lipinski definition) is 3. The van der Waals surface area contributed by atoms with Crippen molar-refractivity contribution in [2.75, 3.05) is 10.5 Å². The molecule has 0 aliphatic heterocycles. The third-order valence-electron chi connectivity index (χ3n) is 1.88. The van der Waals surface area contributed by atoms with Crippen molar-refractivity contribution in [1.29, 1.82) is 0 Å². The highest BCUT2D eigenvalue weighted by molar-refractivity contribution is 7.92. The van der Waals surface area contributed by atoms with E-state index in [1.165, 1.54) is 24.3 Å². The summed E-state index contributed by atoms with van der Waals surface area (Å²) in [5.74, 6) is -0.990. The van der Waals surface area contributed by atoms with Gasteiger partial charge >= 0.3 is 5.97 Å². The number of hydrogen-bond donors (Lipinski definition) is 2. The van der Waals surface area contributed by atoms with Crippen LogP contribution >= 0.6 is 0 Å². The van der Waals surface area contributed by atoms with Gasteiger partial charge in [-0.25, -0.2) is 13.2 Å². The summed E-state index contributed by atoms with van der Waals surface area (Å²) in [6, 6.07) is 5.56. The monoisotopic (exact) mass is 243 g/mol. The molecule has 0 fully saturated rings. The maximum absolute atomic E-state index is 11.4. The molecule has 0 atom stereocenters. The number of carboxylic acids is 1. The number of benzene rings is 1. The van der Waals surface area contributed by atoms with Crippen LogP contribution in [-0.2, 0) is 10.0 Å². The molecule has 0 saturated heterocycles. The van der Waals surface area contributed by atoms with Crippen molar-refractivity contribution in [3.8, 4) is 0 Å². The quantitative estimate of drug-likeness (QED) is 0.821. The third-order valence-corrected chi connectivity index (χ3v) is 3.37. The SMILES string of the molecule is CCCS(=O)(=O)Nc1ccc(C(=O)O)cc1. The Morgan fingerprint density at radius 3 is 2.31 bits per heavy atom. The van der Waals surface area contributed by atoms with Gasteiger partial charge in [-0.1, -0.05) is 6.92 Å². The molecule has 0 amide bonds. The standard InChI is InChI=1S/C10H13NO4S/c1-2-7-16(14,15)11-9-5-3-8(4-6-9)10(12)13/h3-6,11H,2,7H2,1H3,(H,12,13). The van der Waals surface area contributed by atoms with Crippen molar-refractivity contribution in [2.24, 2.45) is 0 Å². The maximum Gasteiger partial charge on any atom is 0.335 e. The highest BCUT2D eigenvalue weighted by Crippen LogP contribution is 2.11. The Balaban J connectivity index is 2.80. The van der Waals surface area contributed by atoms with E-state index >= 15 is 0 Å². The number of anilines is 1. The second-order valence-corrected chi connectivity index (χ2v) is 5.15. The summed E-state index contributed by atoms with van der Waals surface area (Å²) < 4.78 is 25.1. The molecule has 0 unspecified atom stereocenters. The minimum atomic E-state index is -3.32. The lowest BCUT2D eigenvalue weighted by Crippen LogP contribution is -2.16. The first-order valence-corrected chi connectivity index (χ1v) is 6.43. The van der Waals surface area contributed by atoms with Gasteiger partial charge in [-0.3, -0.25) is 4.72 Å². The van der Waals surface area contributed by atoms with E-state index in [4.69, 9.17) is 5.11 Å². The van der Waals surface area contributed by atoms with Crippen LogP contribution in [0.2, 0.25) is 0 Å². The molecule has 0 spiro atoms. The molecule has 1 aromatic rings. The van der Waals surface area contributed by atoms with Gasteiger partial charge in [-0.05, 0) is 30.7 Å².